The molecule has 0 spiro atoms. The topological polar surface area (TPSA) is 66.4 Å². The van der Waals surface area contributed by atoms with Crippen LogP contribution >= 0.6 is 8.03 Å². The van der Waals surface area contributed by atoms with E-state index in [1.807, 2.05) is 6.92 Å². The minimum Gasteiger partial charge on any atom is -0.596 e. The van der Waals surface area contributed by atoms with Gasteiger partial charge in [-0.05, 0) is 26.2 Å². The van der Waals surface area contributed by atoms with Crippen molar-refractivity contribution in [1.29, 1.82) is 0 Å². The van der Waals surface area contributed by atoms with Crippen molar-refractivity contribution >= 4 is 14.0 Å². The molecule has 1 unspecified atom stereocenters. The Morgan fingerprint density at radius 3 is 1.80 bits per heavy atom. The van der Waals surface area contributed by atoms with Crippen LogP contribution in [0.1, 0.15) is 77.6 Å². The number of esters is 1. The molecular formula is C15H29O4P. The number of rotatable bonds is 14. The van der Waals surface area contributed by atoms with Gasteiger partial charge < -0.3 is 9.63 Å². The van der Waals surface area contributed by atoms with Crippen LogP contribution in [0.25, 0.3) is 0 Å². The van der Waals surface area contributed by atoms with E-state index in [4.69, 9.17) is 4.74 Å². The molecule has 0 fully saturated rings. The minimum atomic E-state index is -2.18. The molecule has 0 saturated carbocycles. The Morgan fingerprint density at radius 2 is 1.35 bits per heavy atom. The van der Waals surface area contributed by atoms with Crippen LogP contribution in [0.4, 0.5) is 0 Å². The molecule has 0 aliphatic rings. The second-order valence-corrected chi connectivity index (χ2v) is 6.26. The number of carbonyl (C=O) groups is 1. The van der Waals surface area contributed by atoms with Crippen molar-refractivity contribution in [2.24, 2.45) is 0 Å². The van der Waals surface area contributed by atoms with Crippen molar-refractivity contribution in [1.82, 2.24) is 0 Å². The fourth-order valence-electron chi connectivity index (χ4n) is 2.16. The smallest absolute Gasteiger partial charge is 0.308 e. The van der Waals surface area contributed by atoms with Gasteiger partial charge in [0.2, 0.25) is 0 Å². The zero-order chi connectivity index (χ0) is 15.1. The van der Waals surface area contributed by atoms with Crippen LogP contribution in [-0.2, 0) is 14.1 Å². The van der Waals surface area contributed by atoms with E-state index in [1.54, 1.807) is 0 Å². The Bertz CT molecular complexity index is 256. The van der Waals surface area contributed by atoms with Crippen molar-refractivity contribution in [2.75, 3.05) is 12.8 Å². The van der Waals surface area contributed by atoms with Gasteiger partial charge in [-0.15, -0.1) is 0 Å². The summed E-state index contributed by atoms with van der Waals surface area (Å²) in [5.41, 5.74) is 0. The van der Waals surface area contributed by atoms with Crippen LogP contribution < -0.4 is 4.89 Å². The molecule has 0 aromatic carbocycles. The Morgan fingerprint density at radius 1 is 0.900 bits per heavy atom. The zero-order valence-corrected chi connectivity index (χ0v) is 13.7. The van der Waals surface area contributed by atoms with Gasteiger partial charge in [0.25, 0.3) is 0 Å². The summed E-state index contributed by atoms with van der Waals surface area (Å²) in [6, 6.07) is 0. The monoisotopic (exact) mass is 304 g/mol. The molecule has 4 nitrogen and oxygen atoms in total. The van der Waals surface area contributed by atoms with Crippen LogP contribution in [0.3, 0.4) is 0 Å². The van der Waals surface area contributed by atoms with Gasteiger partial charge in [0, 0.05) is 6.42 Å². The third-order valence-corrected chi connectivity index (χ3v) is 3.96. The lowest BCUT2D eigenvalue weighted by atomic mass is 10.1. The molecule has 0 rings (SSSR count). The van der Waals surface area contributed by atoms with E-state index in [0.29, 0.717) is 19.2 Å². The number of unbranched alkanes of at least 4 members (excludes halogenated alkanes) is 9. The maximum atomic E-state index is 11.1. The fraction of sp³-hybridized carbons (Fsp3) is 0.933. The third-order valence-electron chi connectivity index (χ3n) is 3.28. The molecule has 0 saturated heterocycles. The first kappa shape index (κ1) is 19.5. The van der Waals surface area contributed by atoms with Crippen LogP contribution in [0.5, 0.6) is 0 Å². The molecule has 0 bridgehead atoms. The SMILES string of the molecule is CCOC(=O)CCCCCCCCCCCC[P+](=O)[O-]. The van der Waals surface area contributed by atoms with Gasteiger partial charge in [-0.1, -0.05) is 49.5 Å². The second-order valence-electron chi connectivity index (χ2n) is 5.15. The van der Waals surface area contributed by atoms with Crippen molar-refractivity contribution in [3.63, 3.8) is 0 Å². The molecule has 20 heavy (non-hydrogen) atoms. The van der Waals surface area contributed by atoms with Crippen molar-refractivity contribution in [3.8, 4) is 0 Å². The quantitative estimate of drug-likeness (QED) is 0.277. The van der Waals surface area contributed by atoms with E-state index in [2.05, 4.69) is 0 Å². The summed E-state index contributed by atoms with van der Waals surface area (Å²) >= 11 is 0. The summed E-state index contributed by atoms with van der Waals surface area (Å²) in [4.78, 5) is 21.4. The summed E-state index contributed by atoms with van der Waals surface area (Å²) in [5, 5.41) is 0. The van der Waals surface area contributed by atoms with Gasteiger partial charge >= 0.3 is 14.0 Å². The molecule has 0 aliphatic heterocycles. The minimum absolute atomic E-state index is 0.0765. The molecule has 0 heterocycles. The molecule has 0 amide bonds. The molecule has 0 aromatic rings. The standard InChI is InChI=1S/C15H29O4P/c1-2-19-15(16)13-11-9-7-5-3-4-6-8-10-12-14-20(17)18/h2-14H2,1H3. The van der Waals surface area contributed by atoms with Crippen LogP contribution in [0.2, 0.25) is 0 Å². The molecular weight excluding hydrogens is 275 g/mol. The fourth-order valence-corrected chi connectivity index (χ4v) is 2.64. The molecule has 0 aromatic heterocycles. The van der Waals surface area contributed by atoms with E-state index in [-0.39, 0.29) is 5.97 Å². The Kier molecular flexibility index (Phi) is 14.6. The molecule has 0 N–H and O–H groups in total. The highest BCUT2D eigenvalue weighted by Crippen LogP contribution is 2.14. The Hall–Kier alpha value is -0.470. The predicted molar refractivity (Wildman–Crippen MR) is 79.9 cm³/mol. The highest BCUT2D eigenvalue weighted by molar-refractivity contribution is 7.36. The molecule has 0 radical (unpaired) electrons. The highest BCUT2D eigenvalue weighted by atomic mass is 31.1. The van der Waals surface area contributed by atoms with E-state index in [0.717, 1.165) is 32.1 Å². The van der Waals surface area contributed by atoms with E-state index < -0.39 is 8.03 Å². The molecule has 1 atom stereocenters. The summed E-state index contributed by atoms with van der Waals surface area (Å²) in [6.45, 7) is 2.31. The average molecular weight is 304 g/mol. The van der Waals surface area contributed by atoms with E-state index in [9.17, 15) is 14.3 Å². The lowest BCUT2D eigenvalue weighted by Gasteiger charge is -2.03. The molecule has 0 aliphatic carbocycles. The Labute approximate surface area is 124 Å². The summed E-state index contributed by atoms with van der Waals surface area (Å²) in [6.07, 6.45) is 12.0. The van der Waals surface area contributed by atoms with Crippen LogP contribution in [0.15, 0.2) is 0 Å². The first-order valence-electron chi connectivity index (χ1n) is 7.94. The zero-order valence-electron chi connectivity index (χ0n) is 12.8. The van der Waals surface area contributed by atoms with Gasteiger partial charge in [-0.3, -0.25) is 4.79 Å². The van der Waals surface area contributed by atoms with Crippen LogP contribution in [-0.4, -0.2) is 18.7 Å². The first-order valence-corrected chi connectivity index (χ1v) is 9.30. The van der Waals surface area contributed by atoms with E-state index >= 15 is 0 Å². The van der Waals surface area contributed by atoms with Crippen molar-refractivity contribution in [2.45, 2.75) is 77.6 Å². The van der Waals surface area contributed by atoms with Gasteiger partial charge in [-0.2, -0.15) is 0 Å². The van der Waals surface area contributed by atoms with Crippen LogP contribution in [0, 0.1) is 0 Å². The lowest BCUT2D eigenvalue weighted by Crippen LogP contribution is -2.03. The summed E-state index contributed by atoms with van der Waals surface area (Å²) in [5.74, 6) is -0.0765. The maximum Gasteiger partial charge on any atom is 0.308 e. The highest BCUT2D eigenvalue weighted by Gasteiger charge is 2.01. The third kappa shape index (κ3) is 15.6. The summed E-state index contributed by atoms with van der Waals surface area (Å²) < 4.78 is 15.2. The van der Waals surface area contributed by atoms with Gasteiger partial charge in [0.1, 0.15) is 6.16 Å². The van der Waals surface area contributed by atoms with Crippen molar-refractivity contribution in [3.05, 3.63) is 0 Å². The molecule has 5 heteroatoms. The number of hydrogen-bond donors (Lipinski definition) is 0. The average Bonchev–Trinajstić information content (AvgIpc) is 2.40. The lowest BCUT2D eigenvalue weighted by molar-refractivity contribution is -0.164. The summed E-state index contributed by atoms with van der Waals surface area (Å²) in [7, 11) is -2.18. The largest absolute Gasteiger partial charge is 0.596 e. The number of carbonyl (C=O) groups excluding carboxylic acids is 1. The van der Waals surface area contributed by atoms with Gasteiger partial charge in [0.15, 0.2) is 0 Å². The molecule has 118 valence electrons. The van der Waals surface area contributed by atoms with Gasteiger partial charge in [-0.25, -0.2) is 0 Å². The first-order chi connectivity index (χ1) is 9.66. The van der Waals surface area contributed by atoms with E-state index in [1.165, 1.54) is 32.1 Å². The maximum absolute atomic E-state index is 11.1. The number of ether oxygens (including phenoxy) is 1. The predicted octanol–water partition coefficient (Wildman–Crippen LogP) is 3.94. The van der Waals surface area contributed by atoms with Crippen molar-refractivity contribution < 1.29 is 19.0 Å². The second kappa shape index (κ2) is 14.9. The number of hydrogen-bond acceptors (Lipinski definition) is 4. The van der Waals surface area contributed by atoms with Gasteiger partial charge in [0.05, 0.1) is 6.61 Å². The normalized spacial score (nSPS) is 11.4. The Balaban J connectivity index is 3.06.